The number of methoxy groups -OCH3 is 1. The van der Waals surface area contributed by atoms with Gasteiger partial charge in [0.1, 0.15) is 0 Å². The van der Waals surface area contributed by atoms with Gasteiger partial charge in [0.2, 0.25) is 0 Å². The second kappa shape index (κ2) is 12.3. The molecular weight excluding hydrogens is 495 g/mol. The lowest BCUT2D eigenvalue weighted by Crippen LogP contribution is -2.07. The van der Waals surface area contributed by atoms with Crippen LogP contribution in [0, 0.1) is 5.82 Å². The molecule has 3 aromatic carbocycles. The van der Waals surface area contributed by atoms with Crippen molar-refractivity contribution in [3.63, 3.8) is 0 Å². The zero-order valence-corrected chi connectivity index (χ0v) is 18.9. The standard InChI is InChI=1S/C16H15F4NO.C9H7F3O2/c1-22-15-7-6-13(10-14(15)17)21-9-8-11-2-4-12(5-3-11)16(18,19)20;10-9(11,12)7-3-1-6(2-4-7)5-8(13)14/h2-7,10,21H,8-9H2,1H3;1-4H,5H2,(H,13,14). The summed E-state index contributed by atoms with van der Waals surface area (Å²) in [5.41, 5.74) is 0.276. The van der Waals surface area contributed by atoms with Gasteiger partial charge in [0.25, 0.3) is 0 Å². The van der Waals surface area contributed by atoms with Crippen molar-refractivity contribution in [2.24, 2.45) is 0 Å². The number of anilines is 1. The van der Waals surface area contributed by atoms with Crippen molar-refractivity contribution >= 4 is 11.7 Å². The molecule has 3 aromatic rings. The largest absolute Gasteiger partial charge is 0.494 e. The molecule has 11 heteroatoms. The van der Waals surface area contributed by atoms with Crippen LogP contribution < -0.4 is 10.1 Å². The summed E-state index contributed by atoms with van der Waals surface area (Å²) in [5, 5.41) is 11.4. The SMILES string of the molecule is COc1ccc(NCCc2ccc(C(F)(F)F)cc2)cc1F.O=C(O)Cc1ccc(C(F)(F)F)cc1. The van der Waals surface area contributed by atoms with Gasteiger partial charge in [-0.15, -0.1) is 0 Å². The molecule has 0 saturated carbocycles. The molecule has 0 unspecified atom stereocenters. The summed E-state index contributed by atoms with van der Waals surface area (Å²) in [4.78, 5) is 10.2. The van der Waals surface area contributed by atoms with E-state index in [4.69, 9.17) is 9.84 Å². The molecule has 0 heterocycles. The number of hydrogen-bond acceptors (Lipinski definition) is 3. The third-order valence-electron chi connectivity index (χ3n) is 4.81. The van der Waals surface area contributed by atoms with Crippen molar-refractivity contribution in [3.05, 3.63) is 94.8 Å². The molecular formula is C25H22F7NO3. The summed E-state index contributed by atoms with van der Waals surface area (Å²) in [6.07, 6.45) is -8.43. The molecule has 0 saturated heterocycles. The average molecular weight is 517 g/mol. The van der Waals surface area contributed by atoms with E-state index in [0.29, 0.717) is 24.2 Å². The van der Waals surface area contributed by atoms with Crippen LogP contribution in [0.15, 0.2) is 66.7 Å². The molecule has 0 aliphatic carbocycles. The molecule has 0 bridgehead atoms. The Morgan fingerprint density at radius 1 is 0.833 bits per heavy atom. The van der Waals surface area contributed by atoms with Gasteiger partial charge in [-0.05, 0) is 53.9 Å². The molecule has 0 amide bonds. The minimum atomic E-state index is -4.37. The van der Waals surface area contributed by atoms with E-state index >= 15 is 0 Å². The minimum absolute atomic E-state index is 0.160. The van der Waals surface area contributed by atoms with Crippen LogP contribution in [0.2, 0.25) is 0 Å². The number of halogens is 7. The maximum atomic E-state index is 13.5. The van der Waals surface area contributed by atoms with Crippen LogP contribution in [0.25, 0.3) is 0 Å². The molecule has 36 heavy (non-hydrogen) atoms. The van der Waals surface area contributed by atoms with Crippen LogP contribution in [0.1, 0.15) is 22.3 Å². The molecule has 0 atom stereocenters. The first-order valence-corrected chi connectivity index (χ1v) is 10.4. The van der Waals surface area contributed by atoms with Crippen molar-refractivity contribution in [2.45, 2.75) is 25.2 Å². The Morgan fingerprint density at radius 2 is 1.33 bits per heavy atom. The zero-order valence-electron chi connectivity index (χ0n) is 18.9. The van der Waals surface area contributed by atoms with Crippen molar-refractivity contribution in [2.75, 3.05) is 19.0 Å². The van der Waals surface area contributed by atoms with Gasteiger partial charge < -0.3 is 15.2 Å². The van der Waals surface area contributed by atoms with Crippen LogP contribution in [0.3, 0.4) is 0 Å². The Labute approximate surface area is 202 Å². The Hall–Kier alpha value is -3.76. The molecule has 0 fully saturated rings. The number of benzene rings is 3. The molecule has 3 rings (SSSR count). The van der Waals surface area contributed by atoms with Crippen LogP contribution >= 0.6 is 0 Å². The molecule has 4 nitrogen and oxygen atoms in total. The molecule has 0 aromatic heterocycles. The van der Waals surface area contributed by atoms with E-state index in [1.165, 1.54) is 31.4 Å². The number of aliphatic carboxylic acids is 1. The van der Waals surface area contributed by atoms with Gasteiger partial charge in [-0.2, -0.15) is 26.3 Å². The van der Waals surface area contributed by atoms with Gasteiger partial charge in [-0.3, -0.25) is 4.79 Å². The number of rotatable bonds is 7. The number of alkyl halides is 6. The van der Waals surface area contributed by atoms with Crippen LogP contribution in [0.4, 0.5) is 36.4 Å². The zero-order chi connectivity index (χ0) is 26.9. The quantitative estimate of drug-likeness (QED) is 0.337. The van der Waals surface area contributed by atoms with Crippen molar-refractivity contribution in [3.8, 4) is 5.75 Å². The molecule has 0 spiro atoms. The first kappa shape index (κ1) is 28.5. The van der Waals surface area contributed by atoms with E-state index in [9.17, 15) is 35.5 Å². The molecule has 0 aliphatic heterocycles. The van der Waals surface area contributed by atoms with Crippen molar-refractivity contribution in [1.82, 2.24) is 0 Å². The number of ether oxygens (including phenoxy) is 1. The van der Waals surface area contributed by atoms with E-state index in [1.54, 1.807) is 6.07 Å². The predicted octanol–water partition coefficient (Wildman–Crippen LogP) is 6.84. The predicted molar refractivity (Wildman–Crippen MR) is 119 cm³/mol. The maximum absolute atomic E-state index is 13.5. The van der Waals surface area contributed by atoms with Crippen LogP contribution in [-0.2, 0) is 30.0 Å². The minimum Gasteiger partial charge on any atom is -0.494 e. The summed E-state index contributed by atoms with van der Waals surface area (Å²) in [5.74, 6) is -1.37. The summed E-state index contributed by atoms with van der Waals surface area (Å²) >= 11 is 0. The first-order valence-electron chi connectivity index (χ1n) is 10.4. The number of nitrogens with one attached hydrogen (secondary N) is 1. The van der Waals surface area contributed by atoms with E-state index in [0.717, 1.165) is 42.0 Å². The van der Waals surface area contributed by atoms with E-state index < -0.39 is 35.3 Å². The van der Waals surface area contributed by atoms with E-state index in [-0.39, 0.29) is 12.2 Å². The fraction of sp³-hybridized carbons (Fsp3) is 0.240. The first-order chi connectivity index (χ1) is 16.8. The summed E-state index contributed by atoms with van der Waals surface area (Å²) in [7, 11) is 1.39. The number of carbonyl (C=O) groups is 1. The number of carboxylic acid groups (broad SMARTS) is 1. The van der Waals surface area contributed by atoms with Crippen molar-refractivity contribution in [1.29, 1.82) is 0 Å². The fourth-order valence-electron chi connectivity index (χ4n) is 2.97. The average Bonchev–Trinajstić information content (AvgIpc) is 2.79. The smallest absolute Gasteiger partial charge is 0.416 e. The summed E-state index contributed by atoms with van der Waals surface area (Å²) in [6, 6.07) is 13.6. The highest BCUT2D eigenvalue weighted by Crippen LogP contribution is 2.30. The highest BCUT2D eigenvalue weighted by Gasteiger charge is 2.30. The Balaban J connectivity index is 0.000000281. The van der Waals surface area contributed by atoms with Gasteiger partial charge in [0.05, 0.1) is 24.7 Å². The van der Waals surface area contributed by atoms with Gasteiger partial charge in [0.15, 0.2) is 11.6 Å². The highest BCUT2D eigenvalue weighted by molar-refractivity contribution is 5.70. The molecule has 0 radical (unpaired) electrons. The van der Waals surface area contributed by atoms with Gasteiger partial charge in [0, 0.05) is 18.3 Å². The molecule has 0 aliphatic rings. The number of carboxylic acids is 1. The molecule has 2 N–H and O–H groups in total. The Morgan fingerprint density at radius 3 is 1.75 bits per heavy atom. The van der Waals surface area contributed by atoms with Crippen LogP contribution in [0.5, 0.6) is 5.75 Å². The van der Waals surface area contributed by atoms with Gasteiger partial charge in [-0.1, -0.05) is 24.3 Å². The Kier molecular flexibility index (Phi) is 9.71. The summed E-state index contributed by atoms with van der Waals surface area (Å²) in [6.45, 7) is 0.483. The topological polar surface area (TPSA) is 58.6 Å². The highest BCUT2D eigenvalue weighted by atomic mass is 19.4. The fourth-order valence-corrected chi connectivity index (χ4v) is 2.97. The summed E-state index contributed by atoms with van der Waals surface area (Å²) < 4.78 is 91.8. The third kappa shape index (κ3) is 9.12. The monoisotopic (exact) mass is 517 g/mol. The van der Waals surface area contributed by atoms with Crippen molar-refractivity contribution < 1.29 is 45.4 Å². The lowest BCUT2D eigenvalue weighted by molar-refractivity contribution is -0.138. The second-order valence-corrected chi connectivity index (χ2v) is 7.49. The maximum Gasteiger partial charge on any atom is 0.416 e. The molecule has 194 valence electrons. The number of hydrogen-bond donors (Lipinski definition) is 2. The third-order valence-corrected chi connectivity index (χ3v) is 4.81. The normalized spacial score (nSPS) is 11.3. The van der Waals surface area contributed by atoms with Gasteiger partial charge in [-0.25, -0.2) is 4.39 Å². The lowest BCUT2D eigenvalue weighted by atomic mass is 10.1. The van der Waals surface area contributed by atoms with Gasteiger partial charge >= 0.3 is 18.3 Å². The Bertz CT molecular complexity index is 1130. The lowest BCUT2D eigenvalue weighted by Gasteiger charge is -2.10. The van der Waals surface area contributed by atoms with E-state index in [1.807, 2.05) is 0 Å². The second-order valence-electron chi connectivity index (χ2n) is 7.49. The van der Waals surface area contributed by atoms with E-state index in [2.05, 4.69) is 5.32 Å². The van der Waals surface area contributed by atoms with Crippen LogP contribution in [-0.4, -0.2) is 24.7 Å².